The number of anilines is 1. The molecular formula is C16H18F3N3O2S. The third-order valence-electron chi connectivity index (χ3n) is 4.83. The predicted molar refractivity (Wildman–Crippen MR) is 87.0 cm³/mol. The van der Waals surface area contributed by atoms with Gasteiger partial charge in [-0.2, -0.15) is 18.4 Å². The molecule has 0 aliphatic carbocycles. The minimum atomic E-state index is -4.57. The maximum Gasteiger partial charge on any atom is 0.417 e. The summed E-state index contributed by atoms with van der Waals surface area (Å²) in [6.07, 6.45) is -3.95. The van der Waals surface area contributed by atoms with Gasteiger partial charge in [-0.15, -0.1) is 0 Å². The van der Waals surface area contributed by atoms with Crippen molar-refractivity contribution in [1.82, 2.24) is 4.90 Å². The Morgan fingerprint density at radius 1 is 1.16 bits per heavy atom. The molecule has 136 valence electrons. The highest BCUT2D eigenvalue weighted by atomic mass is 32.2. The van der Waals surface area contributed by atoms with Crippen molar-refractivity contribution >= 4 is 15.5 Å². The molecule has 3 rings (SSSR count). The number of sulfone groups is 1. The Bertz CT molecular complexity index is 794. The Hall–Kier alpha value is -1.79. The summed E-state index contributed by atoms with van der Waals surface area (Å²) in [5.41, 5.74) is -0.868. The molecule has 25 heavy (non-hydrogen) atoms. The Labute approximate surface area is 144 Å². The zero-order chi connectivity index (χ0) is 18.2. The van der Waals surface area contributed by atoms with Crippen LogP contribution in [0.15, 0.2) is 18.2 Å². The summed E-state index contributed by atoms with van der Waals surface area (Å²) in [6, 6.07) is 5.35. The number of piperazine rings is 1. The molecule has 0 spiro atoms. The number of rotatable bonds is 2. The molecule has 0 aromatic heterocycles. The van der Waals surface area contributed by atoms with E-state index in [0.29, 0.717) is 38.3 Å². The number of nitrogens with zero attached hydrogens (tertiary/aromatic N) is 3. The van der Waals surface area contributed by atoms with Crippen LogP contribution in [-0.4, -0.2) is 57.0 Å². The van der Waals surface area contributed by atoms with Gasteiger partial charge in [0.1, 0.15) is 0 Å². The summed E-state index contributed by atoms with van der Waals surface area (Å²) in [6.45, 7) is 2.28. The SMILES string of the molecule is N#Cc1ccc(N2CCN(C3CCS(=O)(=O)C3)CC2)cc1C(F)(F)F. The second-order valence-electron chi connectivity index (χ2n) is 6.42. The van der Waals surface area contributed by atoms with Gasteiger partial charge in [0.15, 0.2) is 9.84 Å². The number of benzene rings is 1. The maximum atomic E-state index is 13.1. The van der Waals surface area contributed by atoms with Gasteiger partial charge in [-0.3, -0.25) is 4.90 Å². The lowest BCUT2D eigenvalue weighted by atomic mass is 10.1. The van der Waals surface area contributed by atoms with E-state index >= 15 is 0 Å². The van der Waals surface area contributed by atoms with Crippen LogP contribution in [0.1, 0.15) is 17.5 Å². The van der Waals surface area contributed by atoms with Crippen LogP contribution in [0.5, 0.6) is 0 Å². The van der Waals surface area contributed by atoms with E-state index < -0.39 is 21.6 Å². The molecule has 2 heterocycles. The van der Waals surface area contributed by atoms with Gasteiger partial charge < -0.3 is 4.90 Å². The van der Waals surface area contributed by atoms with Crippen LogP contribution in [0.25, 0.3) is 0 Å². The van der Waals surface area contributed by atoms with Crippen molar-refractivity contribution in [2.75, 3.05) is 42.6 Å². The van der Waals surface area contributed by atoms with Gasteiger partial charge in [0.05, 0.1) is 28.7 Å². The smallest absolute Gasteiger partial charge is 0.369 e. The number of alkyl halides is 3. The Morgan fingerprint density at radius 2 is 1.84 bits per heavy atom. The topological polar surface area (TPSA) is 64.4 Å². The number of halogens is 3. The molecule has 0 saturated carbocycles. The van der Waals surface area contributed by atoms with Crippen LogP contribution >= 0.6 is 0 Å². The highest BCUT2D eigenvalue weighted by Crippen LogP contribution is 2.34. The van der Waals surface area contributed by atoms with Crippen molar-refractivity contribution in [2.24, 2.45) is 0 Å². The molecule has 2 aliphatic rings. The van der Waals surface area contributed by atoms with Crippen LogP contribution in [0, 0.1) is 11.3 Å². The Morgan fingerprint density at radius 3 is 2.36 bits per heavy atom. The van der Waals surface area contributed by atoms with Gasteiger partial charge in [0.2, 0.25) is 0 Å². The second-order valence-corrected chi connectivity index (χ2v) is 8.65. The average Bonchev–Trinajstić information content (AvgIpc) is 2.93. The molecule has 0 N–H and O–H groups in total. The molecule has 0 bridgehead atoms. The van der Waals surface area contributed by atoms with Crippen molar-refractivity contribution in [3.05, 3.63) is 29.3 Å². The first-order valence-electron chi connectivity index (χ1n) is 8.00. The standard InChI is InChI=1S/C16H18F3N3O2S/c17-16(18,19)15-9-13(2-1-12(15)10-20)21-4-6-22(7-5-21)14-3-8-25(23,24)11-14/h1-2,9,14H,3-8,11H2. The quantitative estimate of drug-likeness (QED) is 0.792. The molecule has 9 heteroatoms. The molecule has 1 aromatic rings. The highest BCUT2D eigenvalue weighted by Gasteiger charge is 2.36. The van der Waals surface area contributed by atoms with Crippen LogP contribution in [0.3, 0.4) is 0 Å². The third-order valence-corrected chi connectivity index (χ3v) is 6.58. The molecule has 0 radical (unpaired) electrons. The number of hydrogen-bond acceptors (Lipinski definition) is 5. The summed E-state index contributed by atoms with van der Waals surface area (Å²) < 4.78 is 62.4. The highest BCUT2D eigenvalue weighted by molar-refractivity contribution is 7.91. The fourth-order valence-electron chi connectivity index (χ4n) is 3.47. The molecule has 5 nitrogen and oxygen atoms in total. The van der Waals surface area contributed by atoms with E-state index in [9.17, 15) is 21.6 Å². The predicted octanol–water partition coefficient (Wildman–Crippen LogP) is 1.89. The van der Waals surface area contributed by atoms with Crippen LogP contribution in [0.4, 0.5) is 18.9 Å². The van der Waals surface area contributed by atoms with Crippen molar-refractivity contribution in [3.8, 4) is 6.07 Å². The second kappa shape index (κ2) is 6.50. The lowest BCUT2D eigenvalue weighted by Gasteiger charge is -2.39. The van der Waals surface area contributed by atoms with E-state index in [0.717, 1.165) is 6.07 Å². The van der Waals surface area contributed by atoms with E-state index in [2.05, 4.69) is 4.90 Å². The molecule has 1 unspecified atom stereocenters. The first kappa shape index (κ1) is 18.0. The summed E-state index contributed by atoms with van der Waals surface area (Å²) in [7, 11) is -2.95. The van der Waals surface area contributed by atoms with Gasteiger partial charge in [-0.25, -0.2) is 8.42 Å². The van der Waals surface area contributed by atoms with Crippen LogP contribution < -0.4 is 4.90 Å². The summed E-state index contributed by atoms with van der Waals surface area (Å²) in [5.74, 6) is 0.379. The Kier molecular flexibility index (Phi) is 4.68. The van der Waals surface area contributed by atoms with E-state index in [1.54, 1.807) is 6.07 Å². The molecule has 0 amide bonds. The molecule has 2 fully saturated rings. The van der Waals surface area contributed by atoms with Crippen molar-refractivity contribution < 1.29 is 21.6 Å². The average molecular weight is 373 g/mol. The number of hydrogen-bond donors (Lipinski definition) is 0. The van der Waals surface area contributed by atoms with Crippen molar-refractivity contribution in [2.45, 2.75) is 18.6 Å². The summed E-state index contributed by atoms with van der Waals surface area (Å²) in [5, 5.41) is 8.86. The van der Waals surface area contributed by atoms with E-state index in [4.69, 9.17) is 5.26 Å². The van der Waals surface area contributed by atoms with Crippen molar-refractivity contribution in [1.29, 1.82) is 5.26 Å². The van der Waals surface area contributed by atoms with Crippen LogP contribution in [0.2, 0.25) is 0 Å². The third kappa shape index (κ3) is 3.90. The normalized spacial score (nSPS) is 24.2. The van der Waals surface area contributed by atoms with E-state index in [1.807, 2.05) is 4.90 Å². The zero-order valence-corrected chi connectivity index (χ0v) is 14.3. The molecule has 2 aliphatic heterocycles. The minimum absolute atomic E-state index is 0.0128. The molecule has 2 saturated heterocycles. The maximum absolute atomic E-state index is 13.1. The van der Waals surface area contributed by atoms with E-state index in [-0.39, 0.29) is 23.1 Å². The van der Waals surface area contributed by atoms with Gasteiger partial charge in [0, 0.05) is 37.9 Å². The fourth-order valence-corrected chi connectivity index (χ4v) is 5.23. The molecular weight excluding hydrogens is 355 g/mol. The largest absolute Gasteiger partial charge is 0.417 e. The van der Waals surface area contributed by atoms with Gasteiger partial charge in [-0.05, 0) is 24.6 Å². The monoisotopic (exact) mass is 373 g/mol. The van der Waals surface area contributed by atoms with Gasteiger partial charge >= 0.3 is 6.18 Å². The summed E-state index contributed by atoms with van der Waals surface area (Å²) >= 11 is 0. The van der Waals surface area contributed by atoms with Crippen LogP contribution in [-0.2, 0) is 16.0 Å². The molecule has 1 atom stereocenters. The number of nitriles is 1. The van der Waals surface area contributed by atoms with Gasteiger partial charge in [0.25, 0.3) is 0 Å². The molecule has 1 aromatic carbocycles. The van der Waals surface area contributed by atoms with E-state index in [1.165, 1.54) is 12.1 Å². The first-order chi connectivity index (χ1) is 11.7. The minimum Gasteiger partial charge on any atom is -0.369 e. The van der Waals surface area contributed by atoms with Gasteiger partial charge in [-0.1, -0.05) is 0 Å². The lowest BCUT2D eigenvalue weighted by Crippen LogP contribution is -2.50. The van der Waals surface area contributed by atoms with Crippen molar-refractivity contribution in [3.63, 3.8) is 0 Å². The Balaban J connectivity index is 1.70. The zero-order valence-electron chi connectivity index (χ0n) is 13.5. The fraction of sp³-hybridized carbons (Fsp3) is 0.562. The summed E-state index contributed by atoms with van der Waals surface area (Å²) in [4.78, 5) is 3.95. The lowest BCUT2D eigenvalue weighted by molar-refractivity contribution is -0.137. The first-order valence-corrected chi connectivity index (χ1v) is 9.82.